The molecule has 0 aliphatic rings. The van der Waals surface area contributed by atoms with Crippen LogP contribution in [0.25, 0.3) is 11.1 Å². The number of rotatable bonds is 11. The number of ether oxygens (including phenoxy) is 1. The highest BCUT2D eigenvalue weighted by Crippen LogP contribution is 2.21. The molecule has 0 aliphatic heterocycles. The molecule has 0 unspecified atom stereocenters. The van der Waals surface area contributed by atoms with Gasteiger partial charge in [-0.2, -0.15) is 0 Å². The number of hydrogen-bond acceptors (Lipinski definition) is 4. The van der Waals surface area contributed by atoms with Gasteiger partial charge in [0.05, 0.1) is 12.1 Å². The quantitative estimate of drug-likeness (QED) is 0.238. The number of aliphatic carboxylic acids is 1. The summed E-state index contributed by atoms with van der Waals surface area (Å²) in [5, 5.41) is 13.2. The summed E-state index contributed by atoms with van der Waals surface area (Å²) in [6.07, 6.45) is 1.76. The van der Waals surface area contributed by atoms with E-state index in [2.05, 4.69) is 60.6 Å². The molecular weight excluding hydrogens is 402 g/mol. The van der Waals surface area contributed by atoms with Crippen LogP contribution < -0.4 is 4.74 Å². The number of carboxylic acids is 1. The molecule has 166 valence electrons. The van der Waals surface area contributed by atoms with Gasteiger partial charge in [0.2, 0.25) is 0 Å². The van der Waals surface area contributed by atoms with E-state index in [0.29, 0.717) is 24.5 Å². The fourth-order valence-corrected chi connectivity index (χ4v) is 3.35. The van der Waals surface area contributed by atoms with Gasteiger partial charge in [-0.25, -0.2) is 0 Å². The van der Waals surface area contributed by atoms with E-state index in [4.69, 9.17) is 14.7 Å². The molecular formula is C27H29NO4. The molecule has 0 radical (unpaired) electrons. The minimum Gasteiger partial charge on any atom is -0.490 e. The summed E-state index contributed by atoms with van der Waals surface area (Å²) in [7, 11) is 0. The first-order valence-corrected chi connectivity index (χ1v) is 10.9. The van der Waals surface area contributed by atoms with Gasteiger partial charge < -0.3 is 14.7 Å². The molecule has 3 aromatic carbocycles. The second kappa shape index (κ2) is 11.7. The highest BCUT2D eigenvalue weighted by atomic mass is 16.6. The summed E-state index contributed by atoms with van der Waals surface area (Å²) in [6.45, 7) is 4.83. The van der Waals surface area contributed by atoms with Crippen LogP contribution in [0.2, 0.25) is 0 Å². The molecule has 5 heteroatoms. The van der Waals surface area contributed by atoms with Gasteiger partial charge in [-0.3, -0.25) is 4.79 Å². The average Bonchev–Trinajstić information content (AvgIpc) is 2.81. The van der Waals surface area contributed by atoms with Crippen molar-refractivity contribution in [3.05, 3.63) is 89.5 Å². The van der Waals surface area contributed by atoms with E-state index in [1.54, 1.807) is 24.3 Å². The third kappa shape index (κ3) is 6.71. The standard InChI is InChI=1S/C27H29NO4/c1-3-20-8-10-22(11-9-20)23-12-14-24(15-13-23)26(4-2)28-32-17-16-31-25-7-5-6-21(18-25)19-27(29)30/h5-15,18H,3-4,16-17,19H2,1-2H3,(H,29,30)/b28-26+. The predicted octanol–water partition coefficient (Wildman–Crippen LogP) is 5.75. The molecule has 0 fully saturated rings. The summed E-state index contributed by atoms with van der Waals surface area (Å²) in [5.41, 5.74) is 6.31. The fraction of sp³-hybridized carbons (Fsp3) is 0.259. The summed E-state index contributed by atoms with van der Waals surface area (Å²) >= 11 is 0. The lowest BCUT2D eigenvalue weighted by atomic mass is 10.00. The van der Waals surface area contributed by atoms with Crippen molar-refractivity contribution in [3.63, 3.8) is 0 Å². The lowest BCUT2D eigenvalue weighted by molar-refractivity contribution is -0.136. The maximum atomic E-state index is 10.8. The van der Waals surface area contributed by atoms with Crippen molar-refractivity contribution in [1.82, 2.24) is 0 Å². The molecule has 1 N–H and O–H groups in total. The lowest BCUT2D eigenvalue weighted by Crippen LogP contribution is -2.07. The van der Waals surface area contributed by atoms with Gasteiger partial charge in [0.25, 0.3) is 0 Å². The minimum absolute atomic E-state index is 0.0271. The van der Waals surface area contributed by atoms with Gasteiger partial charge in [-0.1, -0.05) is 79.7 Å². The number of aryl methyl sites for hydroxylation is 1. The molecule has 0 aliphatic carbocycles. The van der Waals surface area contributed by atoms with Crippen LogP contribution in [0.5, 0.6) is 5.75 Å². The number of carbonyl (C=O) groups is 1. The Balaban J connectivity index is 1.53. The molecule has 0 amide bonds. The van der Waals surface area contributed by atoms with E-state index in [9.17, 15) is 4.79 Å². The van der Waals surface area contributed by atoms with Crippen molar-refractivity contribution in [2.45, 2.75) is 33.1 Å². The zero-order chi connectivity index (χ0) is 22.8. The van der Waals surface area contributed by atoms with Crippen molar-refractivity contribution in [2.24, 2.45) is 5.16 Å². The monoisotopic (exact) mass is 431 g/mol. The number of benzene rings is 3. The maximum Gasteiger partial charge on any atom is 0.307 e. The molecule has 3 rings (SSSR count). The van der Waals surface area contributed by atoms with Crippen LogP contribution in [0.3, 0.4) is 0 Å². The van der Waals surface area contributed by atoms with Gasteiger partial charge in [0.1, 0.15) is 12.4 Å². The average molecular weight is 432 g/mol. The molecule has 5 nitrogen and oxygen atoms in total. The second-order valence-corrected chi connectivity index (χ2v) is 7.42. The third-order valence-corrected chi connectivity index (χ3v) is 5.12. The molecule has 32 heavy (non-hydrogen) atoms. The third-order valence-electron chi connectivity index (χ3n) is 5.12. The predicted molar refractivity (Wildman–Crippen MR) is 127 cm³/mol. The zero-order valence-electron chi connectivity index (χ0n) is 18.6. The van der Waals surface area contributed by atoms with Crippen LogP contribution in [0.4, 0.5) is 0 Å². The zero-order valence-corrected chi connectivity index (χ0v) is 18.6. The molecule has 0 atom stereocenters. The minimum atomic E-state index is -0.866. The van der Waals surface area contributed by atoms with Gasteiger partial charge in [0.15, 0.2) is 6.61 Å². The molecule has 0 aromatic heterocycles. The normalized spacial score (nSPS) is 11.2. The summed E-state index contributed by atoms with van der Waals surface area (Å²) < 4.78 is 5.64. The number of carboxylic acid groups (broad SMARTS) is 1. The topological polar surface area (TPSA) is 68.1 Å². The van der Waals surface area contributed by atoms with Gasteiger partial charge >= 0.3 is 5.97 Å². The second-order valence-electron chi connectivity index (χ2n) is 7.42. The van der Waals surface area contributed by atoms with Crippen molar-refractivity contribution in [1.29, 1.82) is 0 Å². The molecule has 0 heterocycles. The van der Waals surface area contributed by atoms with Gasteiger partial charge in [0, 0.05) is 0 Å². The smallest absolute Gasteiger partial charge is 0.307 e. The number of hydrogen-bond donors (Lipinski definition) is 1. The van der Waals surface area contributed by atoms with E-state index < -0.39 is 5.97 Å². The summed E-state index contributed by atoms with van der Waals surface area (Å²) in [5.74, 6) is -0.246. The molecule has 0 saturated heterocycles. The van der Waals surface area contributed by atoms with E-state index >= 15 is 0 Å². The first-order chi connectivity index (χ1) is 15.6. The van der Waals surface area contributed by atoms with Crippen molar-refractivity contribution in [3.8, 4) is 16.9 Å². The Morgan fingerprint density at radius 2 is 1.56 bits per heavy atom. The van der Waals surface area contributed by atoms with Crippen molar-refractivity contribution >= 4 is 11.7 Å². The Bertz CT molecular complexity index is 1040. The number of oxime groups is 1. The van der Waals surface area contributed by atoms with Gasteiger partial charge in [-0.05, 0) is 52.8 Å². The van der Waals surface area contributed by atoms with E-state index in [1.807, 2.05) is 6.92 Å². The molecule has 0 bridgehead atoms. The Kier molecular flexibility index (Phi) is 8.44. The van der Waals surface area contributed by atoms with Crippen LogP contribution in [-0.4, -0.2) is 30.0 Å². The molecule has 0 saturated carbocycles. The van der Waals surface area contributed by atoms with E-state index in [0.717, 1.165) is 24.1 Å². The number of nitrogens with zero attached hydrogens (tertiary/aromatic N) is 1. The lowest BCUT2D eigenvalue weighted by Gasteiger charge is -2.09. The molecule has 3 aromatic rings. The SMILES string of the molecule is CC/C(=N\OCCOc1cccc(CC(=O)O)c1)c1ccc(-c2ccc(CC)cc2)cc1. The Labute approximate surface area is 189 Å². The van der Waals surface area contributed by atoms with Crippen LogP contribution >= 0.6 is 0 Å². The van der Waals surface area contributed by atoms with Crippen LogP contribution in [0.15, 0.2) is 78.0 Å². The largest absolute Gasteiger partial charge is 0.490 e. The van der Waals surface area contributed by atoms with Crippen LogP contribution in [0, 0.1) is 0 Å². The summed E-state index contributed by atoms with van der Waals surface area (Å²) in [6, 6.07) is 24.1. The van der Waals surface area contributed by atoms with E-state index in [1.165, 1.54) is 16.7 Å². The Morgan fingerprint density at radius 1 is 0.875 bits per heavy atom. The maximum absolute atomic E-state index is 10.8. The molecule has 0 spiro atoms. The Hall–Kier alpha value is -3.60. The Morgan fingerprint density at radius 3 is 2.19 bits per heavy atom. The highest BCUT2D eigenvalue weighted by Gasteiger charge is 2.05. The first-order valence-electron chi connectivity index (χ1n) is 10.9. The fourth-order valence-electron chi connectivity index (χ4n) is 3.35. The first kappa shape index (κ1) is 23.1. The summed E-state index contributed by atoms with van der Waals surface area (Å²) in [4.78, 5) is 16.3. The highest BCUT2D eigenvalue weighted by molar-refractivity contribution is 6.00. The van der Waals surface area contributed by atoms with Crippen molar-refractivity contribution in [2.75, 3.05) is 13.2 Å². The van der Waals surface area contributed by atoms with Gasteiger partial charge in [-0.15, -0.1) is 0 Å². The van der Waals surface area contributed by atoms with Crippen LogP contribution in [-0.2, 0) is 22.5 Å². The van der Waals surface area contributed by atoms with E-state index in [-0.39, 0.29) is 6.42 Å². The van der Waals surface area contributed by atoms with Crippen LogP contribution in [0.1, 0.15) is 37.0 Å². The van der Waals surface area contributed by atoms with Crippen molar-refractivity contribution < 1.29 is 19.5 Å².